The first-order chi connectivity index (χ1) is 6.45. The average molecular weight is 222 g/mol. The largest absolute Gasteiger partial charge is 0.463 e. The molecular weight excluding hydrogens is 215 g/mol. The molecule has 7 nitrogen and oxygen atoms in total. The van der Waals surface area contributed by atoms with Crippen molar-refractivity contribution in [3.63, 3.8) is 0 Å². The average Bonchev–Trinajstić information content (AvgIpc) is 2.49. The maximum atomic E-state index is 12.0. The van der Waals surface area contributed by atoms with Gasteiger partial charge >= 0.3 is 6.09 Å². The van der Waals surface area contributed by atoms with Crippen molar-refractivity contribution in [3.05, 3.63) is 12.3 Å². The van der Waals surface area contributed by atoms with E-state index >= 15 is 0 Å². The fourth-order valence-electron chi connectivity index (χ4n) is 0.728. The molecule has 0 saturated heterocycles. The second-order valence-corrected chi connectivity index (χ2v) is 3.99. The molecule has 1 heterocycles. The lowest BCUT2D eigenvalue weighted by Crippen LogP contribution is -2.15. The third-order valence-corrected chi connectivity index (χ3v) is 2.50. The molecule has 1 amide bonds. The zero-order valence-electron chi connectivity index (χ0n) is 6.83. The lowest BCUT2D eigenvalue weighted by Gasteiger charge is -1.96. The van der Waals surface area contributed by atoms with E-state index in [0.29, 0.717) is 0 Å². The van der Waals surface area contributed by atoms with Crippen LogP contribution in [0.4, 0.5) is 9.18 Å². The van der Waals surface area contributed by atoms with Crippen LogP contribution in [0.3, 0.4) is 0 Å². The van der Waals surface area contributed by atoms with Crippen LogP contribution >= 0.6 is 0 Å². The van der Waals surface area contributed by atoms with E-state index < -0.39 is 22.8 Å². The van der Waals surface area contributed by atoms with Crippen LogP contribution in [0.15, 0.2) is 21.7 Å². The van der Waals surface area contributed by atoms with Gasteiger partial charge in [-0.25, -0.2) is 23.2 Å². The Morgan fingerprint density at radius 1 is 1.86 bits per heavy atom. The molecule has 78 valence electrons. The van der Waals surface area contributed by atoms with E-state index in [1.807, 2.05) is 0 Å². The summed E-state index contributed by atoms with van der Waals surface area (Å²) in [6, 6.07) is 1.15. The predicted molar refractivity (Wildman–Crippen MR) is 44.4 cm³/mol. The van der Waals surface area contributed by atoms with E-state index in [0.717, 1.165) is 10.7 Å². The summed E-state index contributed by atoms with van der Waals surface area (Å²) in [7, 11) is -3.57. The predicted octanol–water partition coefficient (Wildman–Crippen LogP) is 0.189. The van der Waals surface area contributed by atoms with Gasteiger partial charge in [-0.15, -0.1) is 4.36 Å². The zero-order chi connectivity index (χ0) is 10.8. The quantitative estimate of drug-likeness (QED) is 0.743. The van der Waals surface area contributed by atoms with Crippen molar-refractivity contribution in [2.24, 2.45) is 9.50 Å². The number of amides is 1. The van der Waals surface area contributed by atoms with Crippen LogP contribution in [0.25, 0.3) is 0 Å². The summed E-state index contributed by atoms with van der Waals surface area (Å²) < 4.78 is 26.9. The molecule has 1 rings (SSSR count). The fourth-order valence-corrected chi connectivity index (χ4v) is 1.53. The third kappa shape index (κ3) is 2.26. The molecule has 1 atom stereocenters. The summed E-state index contributed by atoms with van der Waals surface area (Å²) in [6.07, 6.45) is -0.480. The van der Waals surface area contributed by atoms with Crippen LogP contribution in [-0.2, 0) is 16.7 Å². The summed E-state index contributed by atoms with van der Waals surface area (Å²) in [5.74, 6) is 0. The number of halogens is 1. The molecule has 0 aliphatic heterocycles. The van der Waals surface area contributed by atoms with Crippen molar-refractivity contribution < 1.29 is 18.5 Å². The van der Waals surface area contributed by atoms with Gasteiger partial charge in [0.15, 0.2) is 21.7 Å². The minimum Gasteiger partial charge on any atom is -0.463 e. The minimum atomic E-state index is -3.57. The van der Waals surface area contributed by atoms with Gasteiger partial charge in [0.1, 0.15) is 0 Å². The molecule has 3 N–H and O–H groups in total. The van der Waals surface area contributed by atoms with Crippen LogP contribution in [-0.4, -0.2) is 25.2 Å². The van der Waals surface area contributed by atoms with Gasteiger partial charge < -0.3 is 5.11 Å². The molecule has 14 heavy (non-hydrogen) atoms. The molecule has 0 aliphatic rings. The normalized spacial score (nSPS) is 14.7. The van der Waals surface area contributed by atoms with E-state index in [-0.39, 0.29) is 5.03 Å². The molecular formula is C5H7FN4O3S. The third-order valence-electron chi connectivity index (χ3n) is 1.25. The molecule has 0 bridgehead atoms. The highest BCUT2D eigenvalue weighted by Gasteiger charge is 2.12. The van der Waals surface area contributed by atoms with Gasteiger partial charge in [-0.3, -0.25) is 0 Å². The van der Waals surface area contributed by atoms with Crippen molar-refractivity contribution in [3.8, 4) is 0 Å². The number of nitrogens with two attached hydrogens (primary N) is 1. The lowest BCUT2D eigenvalue weighted by atomic mass is 10.7. The number of hydrogen-bond acceptors (Lipinski definition) is 3. The number of aromatic nitrogens is 2. The van der Waals surface area contributed by atoms with Crippen LogP contribution in [0, 0.1) is 0 Å². The number of carbonyl (C=O) groups is 1. The Bertz CT molecular complexity index is 461. The number of nitrogens with zero attached hydrogens (tertiary/aromatic N) is 3. The Kier molecular flexibility index (Phi) is 2.81. The van der Waals surface area contributed by atoms with E-state index in [1.54, 1.807) is 0 Å². The Balaban J connectivity index is 3.16. The molecule has 1 aromatic heterocycles. The zero-order valence-corrected chi connectivity index (χ0v) is 7.65. The summed E-state index contributed by atoms with van der Waals surface area (Å²) in [6.45, 7) is -0.914. The molecule has 1 unspecified atom stereocenters. The van der Waals surface area contributed by atoms with Gasteiger partial charge in [-0.1, -0.05) is 0 Å². The first kappa shape index (κ1) is 10.6. The van der Waals surface area contributed by atoms with E-state index in [4.69, 9.17) is 10.2 Å². The van der Waals surface area contributed by atoms with Gasteiger partial charge in [0.05, 0.1) is 0 Å². The van der Waals surface area contributed by atoms with Gasteiger partial charge in [0.25, 0.3) is 0 Å². The second-order valence-electron chi connectivity index (χ2n) is 2.26. The van der Waals surface area contributed by atoms with Gasteiger partial charge in [0, 0.05) is 6.20 Å². The van der Waals surface area contributed by atoms with E-state index in [9.17, 15) is 13.4 Å². The first-order valence-electron chi connectivity index (χ1n) is 3.33. The molecule has 0 aromatic carbocycles. The maximum Gasteiger partial charge on any atom is 0.440 e. The summed E-state index contributed by atoms with van der Waals surface area (Å²) in [5.41, 5.74) is 0. The minimum absolute atomic E-state index is 0.266. The number of alkyl halides is 1. The molecule has 0 fully saturated rings. The van der Waals surface area contributed by atoms with Crippen LogP contribution in [0.2, 0.25) is 0 Å². The summed E-state index contributed by atoms with van der Waals surface area (Å²) in [4.78, 5) is 10.1. The second kappa shape index (κ2) is 3.72. The summed E-state index contributed by atoms with van der Waals surface area (Å²) in [5, 5.41) is 16.5. The Hall–Kier alpha value is -1.48. The van der Waals surface area contributed by atoms with Gasteiger partial charge in [0.2, 0.25) is 0 Å². The molecule has 0 saturated carbocycles. The topological polar surface area (TPSA) is 111 Å². The molecule has 0 spiro atoms. The highest BCUT2D eigenvalue weighted by atomic mass is 32.2. The highest BCUT2D eigenvalue weighted by molar-refractivity contribution is 7.91. The van der Waals surface area contributed by atoms with Crippen LogP contribution in [0.1, 0.15) is 0 Å². The lowest BCUT2D eigenvalue weighted by molar-refractivity contribution is 0.206. The molecule has 1 aromatic rings. The Labute approximate surface area is 78.6 Å². The SMILES string of the molecule is NS(=O)(=NC(=O)O)c1ccn(CF)n1. The molecule has 0 aliphatic carbocycles. The molecule has 0 radical (unpaired) electrons. The van der Waals surface area contributed by atoms with Crippen LogP contribution < -0.4 is 5.14 Å². The smallest absolute Gasteiger partial charge is 0.440 e. The number of carboxylic acid groups (broad SMARTS) is 1. The fraction of sp³-hybridized carbons (Fsp3) is 0.200. The van der Waals surface area contributed by atoms with Crippen molar-refractivity contribution >= 4 is 16.0 Å². The Morgan fingerprint density at radius 3 is 2.93 bits per heavy atom. The van der Waals surface area contributed by atoms with E-state index in [1.165, 1.54) is 6.20 Å². The summed E-state index contributed by atoms with van der Waals surface area (Å²) >= 11 is 0. The monoisotopic (exact) mass is 222 g/mol. The highest BCUT2D eigenvalue weighted by Crippen LogP contribution is 2.05. The standard InChI is InChI=1S/C5H7FN4O3S/c6-3-10-2-1-4(8-10)14(7,13)9-5(11)12/h1-2H,3H2,(H,11,12)(H2,7,9,13). The van der Waals surface area contributed by atoms with Gasteiger partial charge in [-0.2, -0.15) is 5.10 Å². The van der Waals surface area contributed by atoms with E-state index in [2.05, 4.69) is 9.46 Å². The van der Waals surface area contributed by atoms with Crippen molar-refractivity contribution in [2.75, 3.05) is 0 Å². The van der Waals surface area contributed by atoms with Crippen molar-refractivity contribution in [2.45, 2.75) is 11.8 Å². The van der Waals surface area contributed by atoms with Crippen molar-refractivity contribution in [1.82, 2.24) is 9.78 Å². The van der Waals surface area contributed by atoms with Crippen LogP contribution in [0.5, 0.6) is 0 Å². The maximum absolute atomic E-state index is 12.0. The van der Waals surface area contributed by atoms with Crippen molar-refractivity contribution in [1.29, 1.82) is 0 Å². The van der Waals surface area contributed by atoms with Gasteiger partial charge in [-0.05, 0) is 6.07 Å². The first-order valence-corrected chi connectivity index (χ1v) is 4.91. The Morgan fingerprint density at radius 2 is 2.50 bits per heavy atom. The molecule has 9 heteroatoms. The number of rotatable bonds is 2. The number of hydrogen-bond donors (Lipinski definition) is 2.